The average molecular weight is 805 g/mol. The van der Waals surface area contributed by atoms with Crippen LogP contribution in [0.25, 0.3) is 10.8 Å². The minimum Gasteiger partial charge on any atom is -0.494 e. The summed E-state index contributed by atoms with van der Waals surface area (Å²) in [6, 6.07) is 8.75. The molecule has 2 aromatic carbocycles. The van der Waals surface area contributed by atoms with Gasteiger partial charge in [0.15, 0.2) is 0 Å². The number of halogens is 1. The van der Waals surface area contributed by atoms with Crippen molar-refractivity contribution in [2.75, 3.05) is 19.0 Å². The summed E-state index contributed by atoms with van der Waals surface area (Å²) >= 11 is 6.34. The van der Waals surface area contributed by atoms with Crippen LogP contribution in [0.1, 0.15) is 59.8 Å². The van der Waals surface area contributed by atoms with Crippen molar-refractivity contribution >= 4 is 65.8 Å². The molecule has 15 nitrogen and oxygen atoms in total. The molecule has 2 aliphatic carbocycles. The van der Waals surface area contributed by atoms with Gasteiger partial charge in [0.05, 0.1) is 30.0 Å². The van der Waals surface area contributed by atoms with Gasteiger partial charge in [-0.3, -0.25) is 19.1 Å². The van der Waals surface area contributed by atoms with Crippen LogP contribution in [0.4, 0.5) is 5.69 Å². The number of nitrogens with one attached hydrogen (secondary N) is 3. The molecule has 3 amide bonds. The maximum Gasteiger partial charge on any atom is 0.259 e. The normalized spacial score (nSPS) is 23.4. The summed E-state index contributed by atoms with van der Waals surface area (Å²) in [5, 5.41) is 12.4. The third-order valence-corrected chi connectivity index (χ3v) is 13.2. The maximum atomic E-state index is 14.7. The number of carbonyl (C=O) groups is 3. The van der Waals surface area contributed by atoms with E-state index in [-0.39, 0.29) is 36.1 Å². The van der Waals surface area contributed by atoms with Gasteiger partial charge in [-0.2, -0.15) is 0 Å². The van der Waals surface area contributed by atoms with Crippen LogP contribution in [-0.2, 0) is 34.4 Å². The Bertz CT molecular complexity index is 2210. The number of hydrogen-bond donors (Lipinski definition) is 4. The molecule has 6 rings (SSSR count). The van der Waals surface area contributed by atoms with E-state index < -0.39 is 72.2 Å². The lowest BCUT2D eigenvalue weighted by atomic mass is 9.85. The highest BCUT2D eigenvalue weighted by atomic mass is 35.5. The number of carbonyl (C=O) groups excluding carboxylic acids is 3. The number of sulfonamides is 2. The zero-order chi connectivity index (χ0) is 39.4. The highest BCUT2D eigenvalue weighted by Gasteiger charge is 2.62. The van der Waals surface area contributed by atoms with Crippen LogP contribution in [0, 0.1) is 11.3 Å². The standard InChI is InChI=1S/C36H45ClN6O9S2/c1-6-20-17-36(20,34(46)42-54(49,50)24-11-12-24)41-31(44)28-16-23(52-32-27-14-21(37)10-13-26(27)29(51-5)18-39-32)19-43(28)33(45)30(35(2,3)4)40-22-8-7-9-25(15-22)53(38,47)48/h7-10,13-15,18,20,23-24,28,30,40H,6,11-12,16-17,19H2,1-5H3,(H,41,44)(H,42,46)(H2,38,47,48)/t20-,23-,28+,30+,36-/m1/s1. The largest absolute Gasteiger partial charge is 0.494 e. The summed E-state index contributed by atoms with van der Waals surface area (Å²) in [7, 11) is -6.43. The Balaban J connectivity index is 1.33. The Labute approximate surface area is 319 Å². The Morgan fingerprint density at radius 3 is 2.43 bits per heavy atom. The number of fused-ring (bicyclic) bond motifs is 1. The van der Waals surface area contributed by atoms with Crippen LogP contribution in [0.2, 0.25) is 5.02 Å². The number of ether oxygens (including phenoxy) is 2. The Hall–Kier alpha value is -4.19. The number of nitrogens with zero attached hydrogens (tertiary/aromatic N) is 2. The molecule has 0 spiro atoms. The molecular formula is C36H45ClN6O9S2. The van der Waals surface area contributed by atoms with Gasteiger partial charge in [-0.1, -0.05) is 51.8 Å². The number of hydrogen-bond acceptors (Lipinski definition) is 11. The van der Waals surface area contributed by atoms with Crippen molar-refractivity contribution in [3.05, 3.63) is 53.7 Å². The smallest absolute Gasteiger partial charge is 0.259 e. The number of methoxy groups -OCH3 is 1. The lowest BCUT2D eigenvalue weighted by Gasteiger charge is -2.36. The SMILES string of the molecule is CC[C@@H]1C[C@]1(NC(=O)[C@@H]1C[C@@H](Oc2ncc(OC)c3ccc(Cl)cc23)CN1C(=O)[C@H](Nc1cccc(S(N)(=O)=O)c1)C(C)(C)C)C(=O)NS(=O)(=O)C1CC1. The van der Waals surface area contributed by atoms with Crippen molar-refractivity contribution in [3.63, 3.8) is 0 Å². The van der Waals surface area contributed by atoms with Gasteiger partial charge in [-0.25, -0.2) is 27.0 Å². The van der Waals surface area contributed by atoms with Crippen molar-refractivity contribution in [3.8, 4) is 11.6 Å². The molecule has 1 saturated heterocycles. The lowest BCUT2D eigenvalue weighted by molar-refractivity contribution is -0.141. The van der Waals surface area contributed by atoms with Gasteiger partial charge in [0.1, 0.15) is 29.5 Å². The Morgan fingerprint density at radius 2 is 1.81 bits per heavy atom. The van der Waals surface area contributed by atoms with E-state index in [2.05, 4.69) is 20.3 Å². The molecule has 54 heavy (non-hydrogen) atoms. The van der Waals surface area contributed by atoms with E-state index in [1.54, 1.807) is 24.3 Å². The molecular weight excluding hydrogens is 760 g/mol. The van der Waals surface area contributed by atoms with Crippen LogP contribution in [0.15, 0.2) is 53.6 Å². The second kappa shape index (κ2) is 14.5. The van der Waals surface area contributed by atoms with E-state index in [9.17, 15) is 31.2 Å². The predicted octanol–water partition coefficient (Wildman–Crippen LogP) is 3.31. The average Bonchev–Trinajstić information content (AvgIpc) is 4.03. The van der Waals surface area contributed by atoms with Crippen LogP contribution in [-0.4, -0.2) is 87.1 Å². The van der Waals surface area contributed by atoms with E-state index in [4.69, 9.17) is 26.2 Å². The Kier molecular flexibility index (Phi) is 10.6. The van der Waals surface area contributed by atoms with Crippen molar-refractivity contribution in [2.45, 2.75) is 93.7 Å². The third-order valence-electron chi connectivity index (χ3n) is 10.3. The van der Waals surface area contributed by atoms with E-state index >= 15 is 0 Å². The van der Waals surface area contributed by atoms with E-state index in [0.717, 1.165) is 0 Å². The fourth-order valence-electron chi connectivity index (χ4n) is 6.99. The minimum atomic E-state index is -4.05. The van der Waals surface area contributed by atoms with Crippen molar-refractivity contribution in [1.82, 2.24) is 19.9 Å². The number of primary sulfonamides is 1. The molecule has 2 heterocycles. The molecule has 0 radical (unpaired) electrons. The second-order valence-electron chi connectivity index (χ2n) is 15.3. The van der Waals surface area contributed by atoms with E-state index in [1.165, 1.54) is 36.4 Å². The first-order chi connectivity index (χ1) is 25.3. The predicted molar refractivity (Wildman–Crippen MR) is 202 cm³/mol. The fraction of sp³-hybridized carbons (Fsp3) is 0.500. The number of pyridine rings is 1. The number of benzene rings is 2. The van der Waals surface area contributed by atoms with E-state index in [1.807, 2.05) is 27.7 Å². The van der Waals surface area contributed by atoms with Crippen molar-refractivity contribution in [2.24, 2.45) is 16.5 Å². The molecule has 3 aromatic rings. The summed E-state index contributed by atoms with van der Waals surface area (Å²) in [6.45, 7) is 7.23. The molecule has 0 unspecified atom stereocenters. The third kappa shape index (κ3) is 8.09. The van der Waals surface area contributed by atoms with Crippen LogP contribution < -0.4 is 30.0 Å². The number of likely N-dealkylation sites (tertiary alicyclic amines) is 1. The summed E-state index contributed by atoms with van der Waals surface area (Å²) in [4.78, 5) is 48.3. The van der Waals surface area contributed by atoms with Crippen LogP contribution >= 0.6 is 11.6 Å². The minimum absolute atomic E-state index is 0.0000296. The molecule has 0 bridgehead atoms. The van der Waals surface area contributed by atoms with Gasteiger partial charge < -0.3 is 25.0 Å². The lowest BCUT2D eigenvalue weighted by Crippen LogP contribution is -2.58. The number of nitrogens with two attached hydrogens (primary N) is 1. The molecule has 1 aliphatic heterocycles. The number of rotatable bonds is 13. The molecule has 2 saturated carbocycles. The molecule has 1 aromatic heterocycles. The fourth-order valence-corrected chi connectivity index (χ4v) is 9.09. The number of aromatic nitrogens is 1. The maximum absolute atomic E-state index is 14.7. The summed E-state index contributed by atoms with van der Waals surface area (Å²) in [6.07, 6.45) is 2.39. The summed E-state index contributed by atoms with van der Waals surface area (Å²) in [5.74, 6) is -1.57. The zero-order valence-electron chi connectivity index (χ0n) is 30.6. The highest BCUT2D eigenvalue weighted by molar-refractivity contribution is 7.91. The van der Waals surface area contributed by atoms with Crippen molar-refractivity contribution < 1.29 is 40.7 Å². The highest BCUT2D eigenvalue weighted by Crippen LogP contribution is 2.47. The van der Waals surface area contributed by atoms with Crippen LogP contribution in [0.5, 0.6) is 11.6 Å². The number of amides is 3. The topological polar surface area (TPSA) is 216 Å². The van der Waals surface area contributed by atoms with Gasteiger partial charge in [0, 0.05) is 27.9 Å². The molecule has 18 heteroatoms. The molecule has 5 atom stereocenters. The molecule has 3 fully saturated rings. The van der Waals surface area contributed by atoms with Gasteiger partial charge >= 0.3 is 0 Å². The van der Waals surface area contributed by atoms with Gasteiger partial charge in [0.25, 0.3) is 5.91 Å². The molecule has 3 aliphatic rings. The monoisotopic (exact) mass is 804 g/mol. The van der Waals surface area contributed by atoms with E-state index in [0.29, 0.717) is 46.5 Å². The summed E-state index contributed by atoms with van der Waals surface area (Å²) in [5.41, 5.74) is -1.94. The first kappa shape index (κ1) is 39.5. The van der Waals surface area contributed by atoms with Crippen molar-refractivity contribution in [1.29, 1.82) is 0 Å². The first-order valence-electron chi connectivity index (χ1n) is 17.6. The van der Waals surface area contributed by atoms with Gasteiger partial charge in [0.2, 0.25) is 37.7 Å². The van der Waals surface area contributed by atoms with Gasteiger partial charge in [-0.15, -0.1) is 0 Å². The Morgan fingerprint density at radius 1 is 1.09 bits per heavy atom. The quantitative estimate of drug-likeness (QED) is 0.197. The first-order valence-corrected chi connectivity index (χ1v) is 21.1. The number of anilines is 1. The molecule has 5 N–H and O–H groups in total. The van der Waals surface area contributed by atoms with Crippen LogP contribution in [0.3, 0.4) is 0 Å². The second-order valence-corrected chi connectivity index (χ2v) is 19.2. The zero-order valence-corrected chi connectivity index (χ0v) is 33.0. The molecule has 292 valence electrons. The van der Waals surface area contributed by atoms with Gasteiger partial charge in [-0.05, 0) is 67.0 Å². The summed E-state index contributed by atoms with van der Waals surface area (Å²) < 4.78 is 63.8.